The number of hydrogen-bond donors (Lipinski definition) is 2. The molecule has 0 bridgehead atoms. The molecule has 0 spiro atoms. The van der Waals surface area contributed by atoms with Crippen molar-refractivity contribution in [3.63, 3.8) is 0 Å². The highest BCUT2D eigenvalue weighted by Crippen LogP contribution is 2.37. The summed E-state index contributed by atoms with van der Waals surface area (Å²) in [7, 11) is 1.50. The molecule has 0 radical (unpaired) electrons. The van der Waals surface area contributed by atoms with Crippen LogP contribution in [0.25, 0.3) is 0 Å². The number of benzene rings is 3. The molecule has 0 aliphatic carbocycles. The van der Waals surface area contributed by atoms with Crippen molar-refractivity contribution < 1.29 is 14.3 Å². The Hall–Kier alpha value is -3.22. The number of fused-ring (bicyclic) bond motifs is 1. The van der Waals surface area contributed by atoms with Gasteiger partial charge in [-0.3, -0.25) is 9.59 Å². The van der Waals surface area contributed by atoms with Gasteiger partial charge in [0, 0.05) is 29.0 Å². The molecule has 3 aromatic rings. The molecule has 3 N–H and O–H groups in total. The van der Waals surface area contributed by atoms with Crippen molar-refractivity contribution in [2.75, 3.05) is 24.3 Å². The third kappa shape index (κ3) is 4.77. The van der Waals surface area contributed by atoms with Crippen LogP contribution in [0.2, 0.25) is 10.0 Å². The van der Waals surface area contributed by atoms with E-state index in [1.165, 1.54) is 7.11 Å². The van der Waals surface area contributed by atoms with Crippen LogP contribution in [0.1, 0.15) is 45.2 Å². The first-order valence-electron chi connectivity index (χ1n) is 10.5. The Labute approximate surface area is 202 Å². The number of halogens is 2. The SMILES string of the molecule is COc1cc(N)ccc1C(=O)N1CCCC(NC(=O)c2ccccc2Cl)c2cc(Cl)ccc21. The lowest BCUT2D eigenvalue weighted by Crippen LogP contribution is -2.32. The van der Waals surface area contributed by atoms with E-state index in [2.05, 4.69) is 5.32 Å². The maximum Gasteiger partial charge on any atom is 0.262 e. The van der Waals surface area contributed by atoms with Crippen LogP contribution in [-0.2, 0) is 0 Å². The zero-order valence-electron chi connectivity index (χ0n) is 18.0. The maximum atomic E-state index is 13.6. The minimum atomic E-state index is -0.339. The number of nitrogens with one attached hydrogen (secondary N) is 1. The Bertz CT molecular complexity index is 1220. The lowest BCUT2D eigenvalue weighted by Gasteiger charge is -2.25. The van der Waals surface area contributed by atoms with E-state index in [4.69, 9.17) is 33.7 Å². The molecule has 0 aromatic heterocycles. The molecular weight excluding hydrogens is 461 g/mol. The summed E-state index contributed by atoms with van der Waals surface area (Å²) in [6, 6.07) is 16.8. The third-order valence-electron chi connectivity index (χ3n) is 5.66. The number of carbonyl (C=O) groups excluding carboxylic acids is 2. The fourth-order valence-corrected chi connectivity index (χ4v) is 4.45. The molecular formula is C25H23Cl2N3O3. The molecule has 33 heavy (non-hydrogen) atoms. The molecule has 170 valence electrons. The smallest absolute Gasteiger partial charge is 0.262 e. The van der Waals surface area contributed by atoms with Gasteiger partial charge in [-0.25, -0.2) is 0 Å². The number of amides is 2. The highest BCUT2D eigenvalue weighted by atomic mass is 35.5. The fraction of sp³-hybridized carbons (Fsp3) is 0.200. The molecule has 6 nitrogen and oxygen atoms in total. The fourth-order valence-electron chi connectivity index (χ4n) is 4.05. The van der Waals surface area contributed by atoms with Crippen LogP contribution in [0.5, 0.6) is 5.75 Å². The van der Waals surface area contributed by atoms with Gasteiger partial charge in [-0.1, -0.05) is 35.3 Å². The number of anilines is 2. The summed E-state index contributed by atoms with van der Waals surface area (Å²) in [5, 5.41) is 3.96. The number of hydrogen-bond acceptors (Lipinski definition) is 4. The Morgan fingerprint density at radius 2 is 1.85 bits per heavy atom. The van der Waals surface area contributed by atoms with Gasteiger partial charge >= 0.3 is 0 Å². The molecule has 8 heteroatoms. The first kappa shape index (κ1) is 23.0. The summed E-state index contributed by atoms with van der Waals surface area (Å²) in [6.45, 7) is 0.472. The minimum absolute atomic E-state index is 0.214. The van der Waals surface area contributed by atoms with Crippen molar-refractivity contribution in [2.24, 2.45) is 0 Å². The number of nitrogen functional groups attached to an aromatic ring is 1. The van der Waals surface area contributed by atoms with Crippen LogP contribution in [0.3, 0.4) is 0 Å². The predicted molar refractivity (Wildman–Crippen MR) is 131 cm³/mol. The second-order valence-corrected chi connectivity index (χ2v) is 8.61. The van der Waals surface area contributed by atoms with Crippen LogP contribution < -0.4 is 20.7 Å². The molecule has 1 aliphatic heterocycles. The molecule has 4 rings (SSSR count). The standard InChI is InChI=1S/C25H23Cl2N3O3/c1-33-23-14-16(28)9-10-18(23)25(32)30-12-4-7-21(19-13-15(26)8-11-22(19)30)29-24(31)17-5-2-3-6-20(17)27/h2-3,5-6,8-11,13-14,21H,4,7,12,28H2,1H3,(H,29,31). The summed E-state index contributed by atoms with van der Waals surface area (Å²) >= 11 is 12.5. The van der Waals surface area contributed by atoms with Gasteiger partial charge in [-0.05, 0) is 60.9 Å². The summed E-state index contributed by atoms with van der Waals surface area (Å²) in [4.78, 5) is 28.2. The highest BCUT2D eigenvalue weighted by Gasteiger charge is 2.30. The second kappa shape index (κ2) is 9.73. The first-order valence-corrected chi connectivity index (χ1v) is 11.2. The number of carbonyl (C=O) groups is 2. The van der Waals surface area contributed by atoms with Crippen LogP contribution in [0.4, 0.5) is 11.4 Å². The molecule has 1 heterocycles. The summed E-state index contributed by atoms with van der Waals surface area (Å²) < 4.78 is 5.39. The van der Waals surface area contributed by atoms with Gasteiger partial charge in [0.25, 0.3) is 11.8 Å². The average molecular weight is 484 g/mol. The Morgan fingerprint density at radius 3 is 2.61 bits per heavy atom. The zero-order chi connectivity index (χ0) is 23.5. The van der Waals surface area contributed by atoms with Gasteiger partial charge in [0.1, 0.15) is 5.75 Å². The summed E-state index contributed by atoms with van der Waals surface area (Å²) in [6.07, 6.45) is 1.30. The van der Waals surface area contributed by atoms with Crippen LogP contribution in [-0.4, -0.2) is 25.5 Å². The lowest BCUT2D eigenvalue weighted by atomic mass is 10.0. The zero-order valence-corrected chi connectivity index (χ0v) is 19.5. The monoisotopic (exact) mass is 483 g/mol. The van der Waals surface area contributed by atoms with Crippen molar-refractivity contribution in [1.82, 2.24) is 5.32 Å². The Morgan fingerprint density at radius 1 is 1.06 bits per heavy atom. The van der Waals surface area contributed by atoms with Gasteiger partial charge in [-0.2, -0.15) is 0 Å². The van der Waals surface area contributed by atoms with Crippen LogP contribution in [0, 0.1) is 0 Å². The van der Waals surface area contributed by atoms with E-state index in [1.54, 1.807) is 65.6 Å². The summed E-state index contributed by atoms with van der Waals surface area (Å²) in [5.41, 5.74) is 8.62. The van der Waals surface area contributed by atoms with Gasteiger partial charge in [0.05, 0.1) is 29.3 Å². The number of nitrogens with two attached hydrogens (primary N) is 1. The molecule has 3 aromatic carbocycles. The first-order chi connectivity index (χ1) is 15.9. The van der Waals surface area contributed by atoms with E-state index in [1.807, 2.05) is 0 Å². The van der Waals surface area contributed by atoms with Gasteiger partial charge < -0.3 is 20.7 Å². The molecule has 2 amide bonds. The van der Waals surface area contributed by atoms with E-state index >= 15 is 0 Å². The van der Waals surface area contributed by atoms with E-state index in [-0.39, 0.29) is 17.9 Å². The number of rotatable bonds is 4. The van der Waals surface area contributed by atoms with Gasteiger partial charge in [0.2, 0.25) is 0 Å². The molecule has 1 aliphatic rings. The summed E-state index contributed by atoms with van der Waals surface area (Å²) in [5.74, 6) is -0.0895. The average Bonchev–Trinajstić information content (AvgIpc) is 2.98. The molecule has 0 saturated carbocycles. The highest BCUT2D eigenvalue weighted by molar-refractivity contribution is 6.33. The van der Waals surface area contributed by atoms with Crippen molar-refractivity contribution in [2.45, 2.75) is 18.9 Å². The van der Waals surface area contributed by atoms with E-state index < -0.39 is 0 Å². The number of nitrogens with zero attached hydrogens (tertiary/aromatic N) is 1. The number of methoxy groups -OCH3 is 1. The quantitative estimate of drug-likeness (QED) is 0.480. The van der Waals surface area contributed by atoms with Crippen molar-refractivity contribution in [3.8, 4) is 5.75 Å². The van der Waals surface area contributed by atoms with E-state index in [0.717, 1.165) is 5.56 Å². The van der Waals surface area contributed by atoms with Crippen molar-refractivity contribution in [1.29, 1.82) is 0 Å². The van der Waals surface area contributed by atoms with E-state index in [9.17, 15) is 9.59 Å². The minimum Gasteiger partial charge on any atom is -0.496 e. The Balaban J connectivity index is 1.70. The lowest BCUT2D eigenvalue weighted by molar-refractivity contribution is 0.0933. The molecule has 1 unspecified atom stereocenters. The second-order valence-electron chi connectivity index (χ2n) is 7.77. The predicted octanol–water partition coefficient (Wildman–Crippen LogP) is 5.50. The third-order valence-corrected chi connectivity index (χ3v) is 6.22. The molecule has 0 fully saturated rings. The van der Waals surface area contributed by atoms with Crippen LogP contribution >= 0.6 is 23.2 Å². The topological polar surface area (TPSA) is 84.7 Å². The van der Waals surface area contributed by atoms with Crippen LogP contribution in [0.15, 0.2) is 60.7 Å². The van der Waals surface area contributed by atoms with E-state index in [0.29, 0.717) is 57.7 Å². The molecule has 1 atom stereocenters. The van der Waals surface area contributed by atoms with Gasteiger partial charge in [-0.15, -0.1) is 0 Å². The number of ether oxygens (including phenoxy) is 1. The largest absolute Gasteiger partial charge is 0.496 e. The molecule has 0 saturated heterocycles. The normalized spacial score (nSPS) is 15.4. The van der Waals surface area contributed by atoms with Crippen molar-refractivity contribution in [3.05, 3.63) is 87.4 Å². The van der Waals surface area contributed by atoms with Gasteiger partial charge in [0.15, 0.2) is 0 Å². The Kier molecular flexibility index (Phi) is 6.77. The maximum absolute atomic E-state index is 13.6. The van der Waals surface area contributed by atoms with Crippen molar-refractivity contribution >= 4 is 46.4 Å².